The molecule has 0 spiro atoms. The van der Waals surface area contributed by atoms with Gasteiger partial charge in [-0.15, -0.1) is 0 Å². The highest BCUT2D eigenvalue weighted by Crippen LogP contribution is 2.09. The highest BCUT2D eigenvalue weighted by Gasteiger charge is 2.10. The first-order valence-electron chi connectivity index (χ1n) is 6.86. The molecule has 0 atom stereocenters. The van der Waals surface area contributed by atoms with Crippen LogP contribution in [0.5, 0.6) is 0 Å². The van der Waals surface area contributed by atoms with Gasteiger partial charge in [-0.05, 0) is 43.3 Å². The lowest BCUT2D eigenvalue weighted by Gasteiger charge is -2.03. The van der Waals surface area contributed by atoms with Gasteiger partial charge in [-0.2, -0.15) is 5.10 Å². The van der Waals surface area contributed by atoms with E-state index < -0.39 is 0 Å². The minimum absolute atomic E-state index is 0.143. The summed E-state index contributed by atoms with van der Waals surface area (Å²) in [4.78, 5) is 15.0. The van der Waals surface area contributed by atoms with Gasteiger partial charge in [0.15, 0.2) is 0 Å². The number of nitrogens with one attached hydrogen (secondary N) is 2. The highest BCUT2D eigenvalue weighted by molar-refractivity contribution is 5.95. The Balaban J connectivity index is 1.66. The molecule has 2 N–H and O–H groups in total. The molecule has 0 aliphatic carbocycles. The van der Waals surface area contributed by atoms with Crippen molar-refractivity contribution in [1.29, 1.82) is 0 Å². The molecule has 2 aromatic heterocycles. The van der Waals surface area contributed by atoms with Crippen molar-refractivity contribution in [2.45, 2.75) is 13.5 Å². The minimum atomic E-state index is -0.287. The van der Waals surface area contributed by atoms with E-state index >= 15 is 0 Å². The SMILES string of the molecule is Cc1[nH]ccc1C(=O)NCc1ccn(-c2ccc(F)cc2)n1. The number of benzene rings is 1. The zero-order valence-electron chi connectivity index (χ0n) is 12.0. The topological polar surface area (TPSA) is 62.7 Å². The van der Waals surface area contributed by atoms with Gasteiger partial charge in [-0.1, -0.05) is 0 Å². The molecule has 0 bridgehead atoms. The van der Waals surface area contributed by atoms with Crippen LogP contribution >= 0.6 is 0 Å². The Bertz CT molecular complexity index is 789. The van der Waals surface area contributed by atoms with E-state index in [1.165, 1.54) is 12.1 Å². The maximum atomic E-state index is 12.9. The summed E-state index contributed by atoms with van der Waals surface area (Å²) in [7, 11) is 0. The van der Waals surface area contributed by atoms with Gasteiger partial charge in [0.1, 0.15) is 5.82 Å². The molecule has 5 nitrogen and oxygen atoms in total. The Hall–Kier alpha value is -2.89. The second kappa shape index (κ2) is 5.85. The Labute approximate surface area is 126 Å². The van der Waals surface area contributed by atoms with E-state index in [1.54, 1.807) is 35.3 Å². The Kier molecular flexibility index (Phi) is 3.74. The molecule has 0 saturated carbocycles. The first-order valence-corrected chi connectivity index (χ1v) is 6.86. The number of H-pyrrole nitrogens is 1. The lowest BCUT2D eigenvalue weighted by molar-refractivity contribution is 0.0950. The zero-order valence-corrected chi connectivity index (χ0v) is 12.0. The molecule has 3 rings (SSSR count). The van der Waals surface area contributed by atoms with Crippen molar-refractivity contribution in [3.05, 3.63) is 71.6 Å². The molecule has 0 radical (unpaired) electrons. The van der Waals surface area contributed by atoms with E-state index in [2.05, 4.69) is 15.4 Å². The maximum absolute atomic E-state index is 12.9. The van der Waals surface area contributed by atoms with Crippen molar-refractivity contribution in [3.8, 4) is 5.69 Å². The van der Waals surface area contributed by atoms with Crippen LogP contribution in [0, 0.1) is 12.7 Å². The molecule has 0 fully saturated rings. The number of hydrogen-bond donors (Lipinski definition) is 2. The second-order valence-electron chi connectivity index (χ2n) is 4.93. The number of halogens is 1. The van der Waals surface area contributed by atoms with E-state index in [4.69, 9.17) is 0 Å². The summed E-state index contributed by atoms with van der Waals surface area (Å²) in [5.41, 5.74) is 2.94. The van der Waals surface area contributed by atoms with Crippen LogP contribution in [0.15, 0.2) is 48.8 Å². The fourth-order valence-corrected chi connectivity index (χ4v) is 2.16. The van der Waals surface area contributed by atoms with Gasteiger partial charge >= 0.3 is 0 Å². The number of carbonyl (C=O) groups is 1. The van der Waals surface area contributed by atoms with Crippen LogP contribution < -0.4 is 5.32 Å². The zero-order chi connectivity index (χ0) is 15.5. The summed E-state index contributed by atoms with van der Waals surface area (Å²) >= 11 is 0. The lowest BCUT2D eigenvalue weighted by Crippen LogP contribution is -2.23. The summed E-state index contributed by atoms with van der Waals surface area (Å²) in [5.74, 6) is -0.430. The van der Waals surface area contributed by atoms with Crippen molar-refractivity contribution >= 4 is 5.91 Å². The molecule has 0 unspecified atom stereocenters. The number of aryl methyl sites for hydroxylation is 1. The van der Waals surface area contributed by atoms with E-state index in [1.807, 2.05) is 13.0 Å². The molecule has 3 aromatic rings. The average molecular weight is 298 g/mol. The molecule has 0 aliphatic rings. The van der Waals surface area contributed by atoms with E-state index in [-0.39, 0.29) is 11.7 Å². The molecular formula is C16H15FN4O. The van der Waals surface area contributed by atoms with Crippen molar-refractivity contribution in [2.24, 2.45) is 0 Å². The fraction of sp³-hybridized carbons (Fsp3) is 0.125. The van der Waals surface area contributed by atoms with Crippen molar-refractivity contribution < 1.29 is 9.18 Å². The van der Waals surface area contributed by atoms with Crippen LogP contribution in [-0.2, 0) is 6.54 Å². The molecule has 1 amide bonds. The van der Waals surface area contributed by atoms with Gasteiger partial charge in [0.25, 0.3) is 5.91 Å². The number of hydrogen-bond acceptors (Lipinski definition) is 2. The third-order valence-corrected chi connectivity index (χ3v) is 3.36. The van der Waals surface area contributed by atoms with E-state index in [0.717, 1.165) is 17.1 Å². The largest absolute Gasteiger partial charge is 0.365 e. The van der Waals surface area contributed by atoms with Gasteiger partial charge in [0.05, 0.1) is 23.5 Å². The van der Waals surface area contributed by atoms with Crippen LogP contribution in [0.4, 0.5) is 4.39 Å². The molecule has 0 aliphatic heterocycles. The van der Waals surface area contributed by atoms with Crippen LogP contribution in [0.2, 0.25) is 0 Å². The maximum Gasteiger partial charge on any atom is 0.253 e. The molecular weight excluding hydrogens is 283 g/mol. The van der Waals surface area contributed by atoms with Crippen molar-refractivity contribution in [3.63, 3.8) is 0 Å². The minimum Gasteiger partial charge on any atom is -0.365 e. The van der Waals surface area contributed by atoms with Gasteiger partial charge in [-0.3, -0.25) is 4.79 Å². The summed E-state index contributed by atoms with van der Waals surface area (Å²) in [6.45, 7) is 2.18. The van der Waals surface area contributed by atoms with Gasteiger partial charge in [-0.25, -0.2) is 9.07 Å². The van der Waals surface area contributed by atoms with Crippen LogP contribution in [0.25, 0.3) is 5.69 Å². The lowest BCUT2D eigenvalue weighted by atomic mass is 10.2. The summed E-state index contributed by atoms with van der Waals surface area (Å²) < 4.78 is 14.5. The number of aromatic nitrogens is 3. The highest BCUT2D eigenvalue weighted by atomic mass is 19.1. The Morgan fingerprint density at radius 2 is 2.05 bits per heavy atom. The Morgan fingerprint density at radius 3 is 2.73 bits per heavy atom. The molecule has 0 saturated heterocycles. The summed E-state index contributed by atoms with van der Waals surface area (Å²) in [5, 5.41) is 7.18. The molecule has 112 valence electrons. The fourth-order valence-electron chi connectivity index (χ4n) is 2.16. The third kappa shape index (κ3) is 2.90. The number of nitrogens with zero attached hydrogens (tertiary/aromatic N) is 2. The molecule has 22 heavy (non-hydrogen) atoms. The van der Waals surface area contributed by atoms with E-state index in [9.17, 15) is 9.18 Å². The van der Waals surface area contributed by atoms with E-state index in [0.29, 0.717) is 12.1 Å². The number of amides is 1. The van der Waals surface area contributed by atoms with Crippen molar-refractivity contribution in [2.75, 3.05) is 0 Å². The standard InChI is InChI=1S/C16H15FN4O/c1-11-15(6-8-18-11)16(22)19-10-13-7-9-21(20-13)14-4-2-12(17)3-5-14/h2-9,18H,10H2,1H3,(H,19,22). The van der Waals surface area contributed by atoms with Crippen LogP contribution in [0.1, 0.15) is 21.7 Å². The Morgan fingerprint density at radius 1 is 1.27 bits per heavy atom. The number of aromatic amines is 1. The van der Waals surface area contributed by atoms with Gasteiger partial charge < -0.3 is 10.3 Å². The molecule has 6 heteroatoms. The molecule has 1 aromatic carbocycles. The molecule has 2 heterocycles. The van der Waals surface area contributed by atoms with Gasteiger partial charge in [0.2, 0.25) is 0 Å². The normalized spacial score (nSPS) is 10.6. The predicted octanol–water partition coefficient (Wildman–Crippen LogP) is 2.58. The first kappa shape index (κ1) is 14.1. The first-order chi connectivity index (χ1) is 10.6. The predicted molar refractivity (Wildman–Crippen MR) is 80.2 cm³/mol. The summed E-state index contributed by atoms with van der Waals surface area (Å²) in [6, 6.07) is 9.61. The number of carbonyl (C=O) groups excluding carboxylic acids is 1. The van der Waals surface area contributed by atoms with Gasteiger partial charge in [0, 0.05) is 18.1 Å². The van der Waals surface area contributed by atoms with Crippen molar-refractivity contribution in [1.82, 2.24) is 20.1 Å². The second-order valence-corrected chi connectivity index (χ2v) is 4.93. The summed E-state index contributed by atoms with van der Waals surface area (Å²) in [6.07, 6.45) is 3.50. The monoisotopic (exact) mass is 298 g/mol. The van der Waals surface area contributed by atoms with Crippen LogP contribution in [-0.4, -0.2) is 20.7 Å². The average Bonchev–Trinajstić information content (AvgIpc) is 3.14. The van der Waals surface area contributed by atoms with Crippen LogP contribution in [0.3, 0.4) is 0 Å². The smallest absolute Gasteiger partial charge is 0.253 e. The third-order valence-electron chi connectivity index (χ3n) is 3.36. The quantitative estimate of drug-likeness (QED) is 0.777. The number of rotatable bonds is 4.